The van der Waals surface area contributed by atoms with Crippen LogP contribution < -0.4 is 9.47 Å². The van der Waals surface area contributed by atoms with Crippen LogP contribution in [0.3, 0.4) is 0 Å². The van der Waals surface area contributed by atoms with Gasteiger partial charge in [-0.05, 0) is 117 Å². The Morgan fingerprint density at radius 3 is 1.01 bits per heavy atom. The normalized spacial score (nSPS) is 22.6. The van der Waals surface area contributed by atoms with Crippen LogP contribution in [0.1, 0.15) is 114 Å². The molecule has 12 nitrogen and oxygen atoms in total. The van der Waals surface area contributed by atoms with Crippen molar-refractivity contribution in [2.24, 2.45) is 0 Å². The summed E-state index contributed by atoms with van der Waals surface area (Å²) >= 11 is 0. The van der Waals surface area contributed by atoms with Crippen molar-refractivity contribution < 1.29 is 60.5 Å². The van der Waals surface area contributed by atoms with E-state index in [2.05, 4.69) is 0 Å². The van der Waals surface area contributed by atoms with Gasteiger partial charge in [0, 0.05) is 70.2 Å². The molecule has 4 aliphatic rings. The van der Waals surface area contributed by atoms with Crippen molar-refractivity contribution in [2.75, 3.05) is 0 Å². The van der Waals surface area contributed by atoms with Gasteiger partial charge < -0.3 is 60.5 Å². The van der Waals surface area contributed by atoms with Crippen molar-refractivity contribution in [3.05, 3.63) is 212 Å². The summed E-state index contributed by atoms with van der Waals surface area (Å²) in [5.41, 5.74) is 7.46. The highest BCUT2D eigenvalue weighted by Gasteiger charge is 2.59. The number of rotatable bonds is 6. The predicted octanol–water partition coefficient (Wildman–Crippen LogP) is 10.4. The van der Waals surface area contributed by atoms with Crippen LogP contribution in [-0.4, -0.2) is 51.1 Å². The maximum absolute atomic E-state index is 12.8. The zero-order chi connectivity index (χ0) is 46.9. The van der Waals surface area contributed by atoms with Crippen molar-refractivity contribution in [2.45, 2.75) is 47.7 Å². The van der Waals surface area contributed by atoms with Gasteiger partial charge in [-0.2, -0.15) is 0 Å². The number of ether oxygens (including phenoxy) is 2. The lowest BCUT2D eigenvalue weighted by Crippen LogP contribution is -2.28. The molecule has 8 aromatic rings. The highest BCUT2D eigenvalue weighted by Crippen LogP contribution is 2.74. The lowest BCUT2D eigenvalue weighted by molar-refractivity contribution is 0.221. The van der Waals surface area contributed by atoms with Crippen LogP contribution in [0.5, 0.6) is 69.0 Å². The maximum atomic E-state index is 12.8. The first-order valence-electron chi connectivity index (χ1n) is 22.2. The quantitative estimate of drug-likeness (QED) is 0.0753. The minimum absolute atomic E-state index is 0.0177. The molecule has 10 N–H and O–H groups in total. The third-order valence-corrected chi connectivity index (χ3v) is 14.4. The molecule has 0 radical (unpaired) electrons. The summed E-state index contributed by atoms with van der Waals surface area (Å²) in [5.74, 6) is -4.30. The largest absolute Gasteiger partial charge is 0.508 e. The molecule has 0 amide bonds. The van der Waals surface area contributed by atoms with Gasteiger partial charge in [0.25, 0.3) is 0 Å². The number of hydrogen-bond donors (Lipinski definition) is 10. The van der Waals surface area contributed by atoms with E-state index < -0.39 is 47.7 Å². The highest BCUT2D eigenvalue weighted by atomic mass is 16.5. The van der Waals surface area contributed by atoms with Crippen LogP contribution in [0.4, 0.5) is 0 Å². The molecule has 8 aromatic carbocycles. The third kappa shape index (κ3) is 6.20. The fourth-order valence-corrected chi connectivity index (χ4v) is 12.0. The first-order valence-corrected chi connectivity index (χ1v) is 22.2. The summed E-state index contributed by atoms with van der Waals surface area (Å²) in [4.78, 5) is 0. The van der Waals surface area contributed by atoms with Gasteiger partial charge in [0.2, 0.25) is 0 Å². The fourth-order valence-electron chi connectivity index (χ4n) is 12.0. The molecule has 0 unspecified atom stereocenters. The zero-order valence-corrected chi connectivity index (χ0v) is 35.8. The standard InChI is InChI=1S/C56H42O12/c57-31-9-1-25(2-10-31)43-47-39(65)23-41-49(45(29-17-35(61)21-36(62)18-29)55(67-41)27-5-13-33(59)14-6-27)53(47)52-44(26-3-11-32(58)12-4-26)51(43)54-48(52)40(66)24-42-50(54)46(30-19-37(63)22-38(64)20-30)56(68-42)28-7-15-34(60)16-8-28/h1-24,43-46,51-52,55-66H/t43-,44+,45-,46-,51+,52-,55+,56+/m1/s1. The minimum Gasteiger partial charge on any atom is -0.508 e. The smallest absolute Gasteiger partial charge is 0.135 e. The van der Waals surface area contributed by atoms with Gasteiger partial charge in [-0.1, -0.05) is 48.5 Å². The van der Waals surface area contributed by atoms with Crippen LogP contribution in [0, 0.1) is 0 Å². The molecule has 2 heterocycles. The van der Waals surface area contributed by atoms with Crippen molar-refractivity contribution >= 4 is 0 Å². The van der Waals surface area contributed by atoms with E-state index in [1.54, 1.807) is 121 Å². The molecule has 12 heteroatoms. The molecule has 2 aliphatic heterocycles. The summed E-state index contributed by atoms with van der Waals surface area (Å²) in [6.45, 7) is 0. The van der Waals surface area contributed by atoms with E-state index in [4.69, 9.17) is 9.47 Å². The SMILES string of the molecule is Oc1ccc([C@@H]2c3c(O)cc4c(c3[C@H]3c5c(O)cc6c(c5[C@@H]2[C@@H]3c2ccc(O)cc2)[C@@H](c2cc(O)cc(O)c2)[C@H](c2ccc(O)cc2)O6)[C@@H](c2cc(O)cc(O)c2)[C@H](c2ccc(O)cc2)O4)cc1. The van der Waals surface area contributed by atoms with Crippen molar-refractivity contribution in [1.82, 2.24) is 0 Å². The second-order valence-electron chi connectivity index (χ2n) is 18.2. The lowest BCUT2D eigenvalue weighted by atomic mass is 9.60. The monoisotopic (exact) mass is 906 g/mol. The summed E-state index contributed by atoms with van der Waals surface area (Å²) < 4.78 is 13.8. The molecule has 0 spiro atoms. The predicted molar refractivity (Wildman–Crippen MR) is 248 cm³/mol. The van der Waals surface area contributed by atoms with Gasteiger partial charge in [-0.3, -0.25) is 0 Å². The lowest BCUT2D eigenvalue weighted by Gasteiger charge is -2.41. The zero-order valence-electron chi connectivity index (χ0n) is 35.8. The molecule has 0 saturated carbocycles. The fraction of sp³-hybridized carbons (Fsp3) is 0.143. The summed E-state index contributed by atoms with van der Waals surface area (Å²) in [7, 11) is 0. The van der Waals surface area contributed by atoms with E-state index in [0.29, 0.717) is 72.7 Å². The van der Waals surface area contributed by atoms with E-state index >= 15 is 0 Å². The maximum Gasteiger partial charge on any atom is 0.135 e. The average molecular weight is 907 g/mol. The van der Waals surface area contributed by atoms with Gasteiger partial charge in [-0.25, -0.2) is 0 Å². The van der Waals surface area contributed by atoms with E-state index in [-0.39, 0.29) is 57.5 Å². The van der Waals surface area contributed by atoms with Crippen LogP contribution in [0.15, 0.2) is 146 Å². The molecule has 12 rings (SSSR count). The third-order valence-electron chi connectivity index (χ3n) is 14.4. The average Bonchev–Trinajstić information content (AvgIpc) is 3.95. The molecule has 2 aliphatic carbocycles. The van der Waals surface area contributed by atoms with E-state index in [1.807, 2.05) is 12.1 Å². The van der Waals surface area contributed by atoms with Crippen molar-refractivity contribution in [3.63, 3.8) is 0 Å². The number of benzene rings is 8. The number of hydrogen-bond acceptors (Lipinski definition) is 12. The Morgan fingerprint density at radius 1 is 0.250 bits per heavy atom. The van der Waals surface area contributed by atoms with E-state index in [1.165, 1.54) is 12.1 Å². The van der Waals surface area contributed by atoms with E-state index in [0.717, 1.165) is 5.56 Å². The number of phenolic OH excluding ortho intramolecular Hbond substituents is 10. The molecule has 338 valence electrons. The number of phenols is 10. The van der Waals surface area contributed by atoms with E-state index in [9.17, 15) is 51.1 Å². The van der Waals surface area contributed by atoms with Crippen molar-refractivity contribution in [1.29, 1.82) is 0 Å². The summed E-state index contributed by atoms with van der Waals surface area (Å²) in [6.07, 6.45) is -1.61. The summed E-state index contributed by atoms with van der Waals surface area (Å²) in [6, 6.07) is 38.6. The Morgan fingerprint density at radius 2 is 0.603 bits per heavy atom. The Labute approximate surface area is 388 Å². The molecule has 0 aromatic heterocycles. The second-order valence-corrected chi connectivity index (χ2v) is 18.2. The minimum atomic E-state index is -0.813. The molecule has 2 bridgehead atoms. The van der Waals surface area contributed by atoms with Gasteiger partial charge in [0.1, 0.15) is 81.2 Å². The Bertz CT molecular complexity index is 3290. The topological polar surface area (TPSA) is 221 Å². The van der Waals surface area contributed by atoms with Gasteiger partial charge >= 0.3 is 0 Å². The molecule has 0 saturated heterocycles. The van der Waals surface area contributed by atoms with Gasteiger partial charge in [-0.15, -0.1) is 0 Å². The number of aromatic hydroxyl groups is 10. The second kappa shape index (κ2) is 14.9. The Balaban J connectivity index is 1.21. The molecule has 8 atom stereocenters. The van der Waals surface area contributed by atoms with Crippen LogP contribution in [-0.2, 0) is 0 Å². The Kier molecular flexibility index (Phi) is 8.97. The molecular formula is C56H42O12. The first-order chi connectivity index (χ1) is 32.8. The molecule has 0 fully saturated rings. The Hall–Kier alpha value is -8.64. The molecular weight excluding hydrogens is 865 g/mol. The van der Waals surface area contributed by atoms with Crippen LogP contribution >= 0.6 is 0 Å². The van der Waals surface area contributed by atoms with Gasteiger partial charge in [0.15, 0.2) is 0 Å². The summed E-state index contributed by atoms with van der Waals surface area (Å²) in [5, 5.41) is 112. The number of fused-ring (bicyclic) bond motifs is 11. The van der Waals surface area contributed by atoms with Crippen LogP contribution in [0.25, 0.3) is 0 Å². The van der Waals surface area contributed by atoms with Crippen molar-refractivity contribution in [3.8, 4) is 69.0 Å². The van der Waals surface area contributed by atoms with Crippen LogP contribution in [0.2, 0.25) is 0 Å². The highest BCUT2D eigenvalue weighted by molar-refractivity contribution is 5.76. The first kappa shape index (κ1) is 40.8. The molecule has 68 heavy (non-hydrogen) atoms. The van der Waals surface area contributed by atoms with Gasteiger partial charge in [0.05, 0.1) is 11.8 Å².